The van der Waals surface area contributed by atoms with Crippen LogP contribution >= 0.6 is 0 Å². The molecule has 116 valence electrons. The van der Waals surface area contributed by atoms with E-state index in [9.17, 15) is 9.18 Å². The highest BCUT2D eigenvalue weighted by atomic mass is 19.1. The molecule has 0 heterocycles. The molecule has 5 heteroatoms. The smallest absolute Gasteiger partial charge is 0.258 e. The summed E-state index contributed by atoms with van der Waals surface area (Å²) in [6, 6.07) is 4.58. The summed E-state index contributed by atoms with van der Waals surface area (Å²) in [6.07, 6.45) is 5.57. The lowest BCUT2D eigenvalue weighted by Crippen LogP contribution is -2.39. The van der Waals surface area contributed by atoms with Gasteiger partial charge in [-0.25, -0.2) is 4.39 Å². The van der Waals surface area contributed by atoms with Gasteiger partial charge < -0.3 is 15.8 Å². The molecule has 0 unspecified atom stereocenters. The van der Waals surface area contributed by atoms with Gasteiger partial charge in [0.15, 0.2) is 18.2 Å². The highest BCUT2D eigenvalue weighted by Gasteiger charge is 2.16. The molecule has 1 aliphatic carbocycles. The Labute approximate surface area is 124 Å². The number of benzene rings is 1. The summed E-state index contributed by atoms with van der Waals surface area (Å²) >= 11 is 0. The quantitative estimate of drug-likeness (QED) is 0.877. The molecule has 1 amide bonds. The third-order valence-electron chi connectivity index (χ3n) is 3.81. The first-order chi connectivity index (χ1) is 10.1. The Morgan fingerprint density at radius 2 is 2.14 bits per heavy atom. The first-order valence-corrected chi connectivity index (χ1v) is 7.53. The second-order valence-corrected chi connectivity index (χ2v) is 5.67. The van der Waals surface area contributed by atoms with Gasteiger partial charge >= 0.3 is 0 Å². The van der Waals surface area contributed by atoms with E-state index in [1.807, 2.05) is 0 Å². The molecule has 0 saturated heterocycles. The van der Waals surface area contributed by atoms with Gasteiger partial charge in [0.05, 0.1) is 0 Å². The second-order valence-electron chi connectivity index (χ2n) is 5.67. The van der Waals surface area contributed by atoms with Gasteiger partial charge in [-0.1, -0.05) is 25.3 Å². The second kappa shape index (κ2) is 7.41. The molecule has 1 fully saturated rings. The van der Waals surface area contributed by atoms with Crippen LogP contribution in [0.25, 0.3) is 0 Å². The third-order valence-corrected chi connectivity index (χ3v) is 3.81. The van der Waals surface area contributed by atoms with Gasteiger partial charge in [-0.3, -0.25) is 4.79 Å². The van der Waals surface area contributed by atoms with E-state index in [-0.39, 0.29) is 30.3 Å². The van der Waals surface area contributed by atoms with Crippen molar-refractivity contribution < 1.29 is 13.9 Å². The summed E-state index contributed by atoms with van der Waals surface area (Å²) in [4.78, 5) is 11.8. The van der Waals surface area contributed by atoms with Crippen LogP contribution in [0.1, 0.15) is 50.6 Å². The van der Waals surface area contributed by atoms with E-state index in [1.54, 1.807) is 13.0 Å². The number of ether oxygens (including phenoxy) is 1. The van der Waals surface area contributed by atoms with E-state index < -0.39 is 5.82 Å². The number of rotatable bonds is 5. The molecule has 21 heavy (non-hydrogen) atoms. The normalized spacial score (nSPS) is 17.3. The fourth-order valence-electron chi connectivity index (χ4n) is 2.58. The first-order valence-electron chi connectivity index (χ1n) is 7.53. The van der Waals surface area contributed by atoms with E-state index in [1.165, 1.54) is 18.6 Å². The van der Waals surface area contributed by atoms with Crippen LogP contribution in [-0.4, -0.2) is 18.6 Å². The standard InChI is InChI=1S/C16H23FN2O2/c1-11(18)12-7-8-15(14(17)9-12)21-10-16(20)19-13-5-3-2-4-6-13/h7-9,11,13H,2-6,10,18H2,1H3,(H,19,20)/t11-/m0/s1. The minimum Gasteiger partial charge on any atom is -0.481 e. The van der Waals surface area contributed by atoms with Gasteiger partial charge in [-0.15, -0.1) is 0 Å². The predicted molar refractivity (Wildman–Crippen MR) is 79.5 cm³/mol. The molecule has 1 saturated carbocycles. The summed E-state index contributed by atoms with van der Waals surface area (Å²) < 4.78 is 19.1. The van der Waals surface area contributed by atoms with Crippen molar-refractivity contribution in [3.8, 4) is 5.75 Å². The van der Waals surface area contributed by atoms with E-state index in [2.05, 4.69) is 5.32 Å². The molecule has 0 spiro atoms. The van der Waals surface area contributed by atoms with Gasteiger partial charge in [-0.2, -0.15) is 0 Å². The van der Waals surface area contributed by atoms with Crippen LogP contribution in [0.5, 0.6) is 5.75 Å². The number of amides is 1. The zero-order chi connectivity index (χ0) is 15.2. The van der Waals surface area contributed by atoms with Gasteiger partial charge in [0.2, 0.25) is 0 Å². The minimum absolute atomic E-state index is 0.0817. The Morgan fingerprint density at radius 1 is 1.43 bits per heavy atom. The number of hydrogen-bond donors (Lipinski definition) is 2. The van der Waals surface area contributed by atoms with Crippen molar-refractivity contribution in [3.63, 3.8) is 0 Å². The van der Waals surface area contributed by atoms with Crippen LogP contribution in [-0.2, 0) is 4.79 Å². The number of halogens is 1. The van der Waals surface area contributed by atoms with Crippen LogP contribution in [0.2, 0.25) is 0 Å². The third kappa shape index (κ3) is 4.70. The Morgan fingerprint density at radius 3 is 2.76 bits per heavy atom. The monoisotopic (exact) mass is 294 g/mol. The SMILES string of the molecule is C[C@H](N)c1ccc(OCC(=O)NC2CCCCC2)c(F)c1. The molecule has 0 aliphatic heterocycles. The predicted octanol–water partition coefficient (Wildman–Crippen LogP) is 2.67. The van der Waals surface area contributed by atoms with Gasteiger partial charge in [-0.05, 0) is 37.5 Å². The molecule has 0 aromatic heterocycles. The fourth-order valence-corrected chi connectivity index (χ4v) is 2.58. The lowest BCUT2D eigenvalue weighted by molar-refractivity contribution is -0.124. The van der Waals surface area contributed by atoms with Crippen LogP contribution in [0.15, 0.2) is 18.2 Å². The lowest BCUT2D eigenvalue weighted by Gasteiger charge is -2.22. The average molecular weight is 294 g/mol. The Kier molecular flexibility index (Phi) is 5.56. The lowest BCUT2D eigenvalue weighted by atomic mass is 9.95. The van der Waals surface area contributed by atoms with Gasteiger partial charge in [0.1, 0.15) is 0 Å². The first kappa shape index (κ1) is 15.8. The van der Waals surface area contributed by atoms with Crippen molar-refractivity contribution >= 4 is 5.91 Å². The van der Waals surface area contributed by atoms with Crippen LogP contribution in [0.4, 0.5) is 4.39 Å². The molecule has 1 aromatic rings. The van der Waals surface area contributed by atoms with Crippen LogP contribution in [0, 0.1) is 5.82 Å². The topological polar surface area (TPSA) is 64.3 Å². The summed E-state index contributed by atoms with van der Waals surface area (Å²) in [5.74, 6) is -0.606. The summed E-state index contributed by atoms with van der Waals surface area (Å²) in [6.45, 7) is 1.62. The maximum atomic E-state index is 13.8. The highest BCUT2D eigenvalue weighted by molar-refractivity contribution is 5.77. The van der Waals surface area contributed by atoms with Crippen LogP contribution < -0.4 is 15.8 Å². The van der Waals surface area contributed by atoms with Crippen molar-refractivity contribution in [2.45, 2.75) is 51.1 Å². The zero-order valence-corrected chi connectivity index (χ0v) is 12.4. The number of carbonyl (C=O) groups is 1. The van der Waals surface area contributed by atoms with Crippen molar-refractivity contribution in [2.75, 3.05) is 6.61 Å². The summed E-state index contributed by atoms with van der Waals surface area (Å²) in [5.41, 5.74) is 6.39. The number of hydrogen-bond acceptors (Lipinski definition) is 3. The highest BCUT2D eigenvalue weighted by Crippen LogP contribution is 2.21. The molecule has 3 N–H and O–H groups in total. The minimum atomic E-state index is -0.490. The zero-order valence-electron chi connectivity index (χ0n) is 12.4. The van der Waals surface area contributed by atoms with Crippen LogP contribution in [0.3, 0.4) is 0 Å². The van der Waals surface area contributed by atoms with E-state index in [0.29, 0.717) is 5.56 Å². The number of nitrogens with two attached hydrogens (primary N) is 1. The molecule has 4 nitrogen and oxygen atoms in total. The average Bonchev–Trinajstić information content (AvgIpc) is 2.47. The maximum Gasteiger partial charge on any atom is 0.258 e. The van der Waals surface area contributed by atoms with E-state index >= 15 is 0 Å². The van der Waals surface area contributed by atoms with Crippen molar-refractivity contribution in [1.82, 2.24) is 5.32 Å². The maximum absolute atomic E-state index is 13.8. The summed E-state index contributed by atoms with van der Waals surface area (Å²) in [7, 11) is 0. The molecule has 1 aromatic carbocycles. The fraction of sp³-hybridized carbons (Fsp3) is 0.562. The Balaban J connectivity index is 1.83. The Hall–Kier alpha value is -1.62. The number of nitrogens with one attached hydrogen (secondary N) is 1. The molecule has 1 atom stereocenters. The molecule has 0 radical (unpaired) electrons. The molecule has 0 bridgehead atoms. The molecular formula is C16H23FN2O2. The molecule has 2 rings (SSSR count). The van der Waals surface area contributed by atoms with E-state index in [4.69, 9.17) is 10.5 Å². The molecular weight excluding hydrogens is 271 g/mol. The van der Waals surface area contributed by atoms with Crippen molar-refractivity contribution in [3.05, 3.63) is 29.6 Å². The van der Waals surface area contributed by atoms with Crippen molar-refractivity contribution in [1.29, 1.82) is 0 Å². The Bertz CT molecular complexity index is 485. The van der Waals surface area contributed by atoms with Crippen molar-refractivity contribution in [2.24, 2.45) is 5.73 Å². The molecule has 1 aliphatic rings. The summed E-state index contributed by atoms with van der Waals surface area (Å²) in [5, 5.41) is 2.93. The van der Waals surface area contributed by atoms with E-state index in [0.717, 1.165) is 25.7 Å². The number of carbonyl (C=O) groups excluding carboxylic acids is 1. The largest absolute Gasteiger partial charge is 0.481 e. The van der Waals surface area contributed by atoms with Gasteiger partial charge in [0.25, 0.3) is 5.91 Å². The van der Waals surface area contributed by atoms with Gasteiger partial charge in [0, 0.05) is 12.1 Å².